The molecule has 0 unspecified atom stereocenters. The van der Waals surface area contributed by atoms with E-state index < -0.39 is 4.92 Å². The minimum absolute atomic E-state index is 0.152. The zero-order chi connectivity index (χ0) is 22.9. The zero-order valence-electron chi connectivity index (χ0n) is 18.4. The normalized spacial score (nSPS) is 14.2. The second-order valence-electron chi connectivity index (χ2n) is 7.81. The van der Waals surface area contributed by atoms with Gasteiger partial charge in [-0.15, -0.1) is 0 Å². The fraction of sp³-hybridized carbons (Fsp3) is 0.333. The Bertz CT molecular complexity index is 989. The largest absolute Gasteiger partial charge is 0.379 e. The summed E-state index contributed by atoms with van der Waals surface area (Å²) in [6.45, 7) is 4.83. The summed E-state index contributed by atoms with van der Waals surface area (Å²) in [5, 5.41) is 18.4. The number of rotatable bonds is 10. The van der Waals surface area contributed by atoms with E-state index in [4.69, 9.17) is 4.74 Å². The van der Waals surface area contributed by atoms with Gasteiger partial charge in [0, 0.05) is 19.6 Å². The van der Waals surface area contributed by atoms with Gasteiger partial charge in [-0.05, 0) is 24.1 Å². The first-order chi connectivity index (χ1) is 16.2. The van der Waals surface area contributed by atoms with E-state index in [2.05, 4.69) is 25.5 Å². The molecule has 9 heteroatoms. The molecule has 2 N–H and O–H groups in total. The van der Waals surface area contributed by atoms with E-state index in [1.807, 2.05) is 60.7 Å². The van der Waals surface area contributed by atoms with Crippen molar-refractivity contribution >= 4 is 17.3 Å². The Morgan fingerprint density at radius 1 is 0.970 bits per heavy atom. The van der Waals surface area contributed by atoms with Crippen molar-refractivity contribution in [3.8, 4) is 0 Å². The minimum Gasteiger partial charge on any atom is -0.379 e. The molecule has 4 rings (SSSR count). The summed E-state index contributed by atoms with van der Waals surface area (Å²) in [5.41, 5.74) is 1.81. The molecular weight excluding hydrogens is 420 g/mol. The molecule has 0 aliphatic carbocycles. The number of hydrogen-bond donors (Lipinski definition) is 2. The molecule has 2 heterocycles. The Morgan fingerprint density at radius 3 is 2.18 bits per heavy atom. The molecule has 1 aromatic heterocycles. The Kier molecular flexibility index (Phi) is 7.78. The number of aromatic nitrogens is 2. The van der Waals surface area contributed by atoms with E-state index in [1.54, 1.807) is 0 Å². The van der Waals surface area contributed by atoms with E-state index in [1.165, 1.54) is 6.33 Å². The summed E-state index contributed by atoms with van der Waals surface area (Å²) in [6.07, 6.45) is 2.20. The molecule has 1 aliphatic heterocycles. The summed E-state index contributed by atoms with van der Waals surface area (Å²) in [5.74, 6) is 0.405. The first-order valence-corrected chi connectivity index (χ1v) is 11.1. The fourth-order valence-electron chi connectivity index (χ4n) is 3.91. The van der Waals surface area contributed by atoms with Crippen molar-refractivity contribution in [2.24, 2.45) is 0 Å². The fourth-order valence-corrected chi connectivity index (χ4v) is 3.91. The van der Waals surface area contributed by atoms with Crippen molar-refractivity contribution in [1.82, 2.24) is 14.9 Å². The van der Waals surface area contributed by atoms with E-state index in [0.717, 1.165) is 50.4 Å². The van der Waals surface area contributed by atoms with Crippen LogP contribution in [0.3, 0.4) is 0 Å². The Hall–Kier alpha value is -3.56. The van der Waals surface area contributed by atoms with Gasteiger partial charge in [-0.3, -0.25) is 15.0 Å². The SMILES string of the molecule is O=[N+]([O-])c1c(NCCCN2CCOCC2)ncnc1NC(c1ccccc1)c1ccccc1. The molecule has 1 aliphatic rings. The molecular formula is C24H28N6O3. The highest BCUT2D eigenvalue weighted by Crippen LogP contribution is 2.33. The number of hydrogen-bond acceptors (Lipinski definition) is 8. The maximum atomic E-state index is 12.0. The van der Waals surface area contributed by atoms with Crippen LogP contribution < -0.4 is 10.6 Å². The highest BCUT2D eigenvalue weighted by atomic mass is 16.6. The predicted octanol–water partition coefficient (Wildman–Crippen LogP) is 3.72. The van der Waals surface area contributed by atoms with Crippen LogP contribution in [0.2, 0.25) is 0 Å². The van der Waals surface area contributed by atoms with Gasteiger partial charge in [-0.2, -0.15) is 0 Å². The molecule has 0 radical (unpaired) electrons. The number of nitro groups is 1. The molecule has 0 spiro atoms. The van der Waals surface area contributed by atoms with Gasteiger partial charge in [0.15, 0.2) is 0 Å². The summed E-state index contributed by atoms with van der Waals surface area (Å²) in [7, 11) is 0. The lowest BCUT2D eigenvalue weighted by Gasteiger charge is -2.26. The van der Waals surface area contributed by atoms with Crippen molar-refractivity contribution in [3.05, 3.63) is 88.2 Å². The van der Waals surface area contributed by atoms with Crippen LogP contribution >= 0.6 is 0 Å². The van der Waals surface area contributed by atoms with E-state index in [0.29, 0.717) is 6.54 Å². The van der Waals surface area contributed by atoms with Crippen LogP contribution in [0.1, 0.15) is 23.6 Å². The highest BCUT2D eigenvalue weighted by Gasteiger charge is 2.26. The molecule has 2 aromatic carbocycles. The van der Waals surface area contributed by atoms with Crippen molar-refractivity contribution in [2.75, 3.05) is 50.0 Å². The third kappa shape index (κ3) is 6.03. The maximum absolute atomic E-state index is 12.0. The van der Waals surface area contributed by atoms with Gasteiger partial charge < -0.3 is 15.4 Å². The van der Waals surface area contributed by atoms with Crippen LogP contribution in [0.25, 0.3) is 0 Å². The standard InChI is InChI=1S/C24H28N6O3/c31-30(32)22-23(25-12-7-13-29-14-16-33-17-15-29)26-18-27-24(22)28-21(19-8-3-1-4-9-19)20-10-5-2-6-11-20/h1-6,8-11,18,21H,7,12-17H2,(H2,25,26,27,28). The lowest BCUT2D eigenvalue weighted by Crippen LogP contribution is -2.37. The average Bonchev–Trinajstić information content (AvgIpc) is 2.86. The monoisotopic (exact) mass is 448 g/mol. The average molecular weight is 449 g/mol. The molecule has 172 valence electrons. The number of nitrogens with zero attached hydrogens (tertiary/aromatic N) is 4. The van der Waals surface area contributed by atoms with Crippen LogP contribution in [0.4, 0.5) is 17.3 Å². The number of anilines is 2. The van der Waals surface area contributed by atoms with Crippen LogP contribution in [0.5, 0.6) is 0 Å². The smallest absolute Gasteiger partial charge is 0.353 e. The van der Waals surface area contributed by atoms with Crippen molar-refractivity contribution < 1.29 is 9.66 Å². The van der Waals surface area contributed by atoms with Crippen LogP contribution in [0, 0.1) is 10.1 Å². The zero-order valence-corrected chi connectivity index (χ0v) is 18.4. The summed E-state index contributed by atoms with van der Waals surface area (Å²) < 4.78 is 5.37. The lowest BCUT2D eigenvalue weighted by atomic mass is 9.99. The second kappa shape index (κ2) is 11.3. The summed E-state index contributed by atoms with van der Waals surface area (Å²) >= 11 is 0. The molecule has 1 saturated heterocycles. The van der Waals surface area contributed by atoms with Crippen molar-refractivity contribution in [3.63, 3.8) is 0 Å². The molecule has 9 nitrogen and oxygen atoms in total. The van der Waals surface area contributed by atoms with E-state index >= 15 is 0 Å². The molecule has 1 fully saturated rings. The first-order valence-electron chi connectivity index (χ1n) is 11.1. The Morgan fingerprint density at radius 2 is 1.58 bits per heavy atom. The summed E-state index contributed by atoms with van der Waals surface area (Å²) in [4.78, 5) is 22.3. The maximum Gasteiger partial charge on any atom is 0.353 e. The summed E-state index contributed by atoms with van der Waals surface area (Å²) in [6, 6.07) is 19.3. The van der Waals surface area contributed by atoms with Gasteiger partial charge in [-0.1, -0.05) is 60.7 Å². The third-order valence-electron chi connectivity index (χ3n) is 5.60. The van der Waals surface area contributed by atoms with Crippen LogP contribution in [0.15, 0.2) is 67.0 Å². The molecule has 0 atom stereocenters. The van der Waals surface area contributed by atoms with Crippen molar-refractivity contribution in [2.45, 2.75) is 12.5 Å². The van der Waals surface area contributed by atoms with Crippen LogP contribution in [-0.4, -0.2) is 59.2 Å². The molecule has 0 bridgehead atoms. The van der Waals surface area contributed by atoms with Gasteiger partial charge in [0.2, 0.25) is 11.6 Å². The molecule has 0 amide bonds. The number of benzene rings is 2. The number of nitrogens with one attached hydrogen (secondary N) is 2. The Balaban J connectivity index is 1.52. The topological polar surface area (TPSA) is 105 Å². The quantitative estimate of drug-likeness (QED) is 0.275. The van der Waals surface area contributed by atoms with Crippen molar-refractivity contribution in [1.29, 1.82) is 0 Å². The molecule has 0 saturated carbocycles. The van der Waals surface area contributed by atoms with Gasteiger partial charge in [0.1, 0.15) is 6.33 Å². The van der Waals surface area contributed by atoms with E-state index in [9.17, 15) is 10.1 Å². The number of ether oxygens (including phenoxy) is 1. The van der Waals surface area contributed by atoms with Gasteiger partial charge in [0.25, 0.3) is 0 Å². The predicted molar refractivity (Wildman–Crippen MR) is 127 cm³/mol. The highest BCUT2D eigenvalue weighted by molar-refractivity contribution is 5.70. The second-order valence-corrected chi connectivity index (χ2v) is 7.81. The first kappa shape index (κ1) is 22.6. The van der Waals surface area contributed by atoms with Gasteiger partial charge >= 0.3 is 5.69 Å². The third-order valence-corrected chi connectivity index (χ3v) is 5.60. The van der Waals surface area contributed by atoms with Gasteiger partial charge in [0.05, 0.1) is 24.2 Å². The van der Waals surface area contributed by atoms with E-state index in [-0.39, 0.29) is 23.4 Å². The lowest BCUT2D eigenvalue weighted by molar-refractivity contribution is -0.383. The number of morpholine rings is 1. The van der Waals surface area contributed by atoms with Crippen LogP contribution in [-0.2, 0) is 4.74 Å². The van der Waals surface area contributed by atoms with Gasteiger partial charge in [-0.25, -0.2) is 9.97 Å². The Labute approximate surface area is 193 Å². The molecule has 3 aromatic rings. The molecule has 33 heavy (non-hydrogen) atoms. The minimum atomic E-state index is -0.431.